The van der Waals surface area contributed by atoms with E-state index in [0.29, 0.717) is 18.7 Å². The topological polar surface area (TPSA) is 75.6 Å². The normalized spacial score (nSPS) is 15.5. The summed E-state index contributed by atoms with van der Waals surface area (Å²) in [5.74, 6) is -0.435. The lowest BCUT2D eigenvalue weighted by molar-refractivity contribution is -0.120. The van der Waals surface area contributed by atoms with Gasteiger partial charge in [-0.05, 0) is 42.2 Å². The van der Waals surface area contributed by atoms with Gasteiger partial charge in [-0.1, -0.05) is 24.3 Å². The van der Waals surface area contributed by atoms with Gasteiger partial charge < -0.3 is 15.2 Å². The van der Waals surface area contributed by atoms with E-state index in [1.54, 1.807) is 23.9 Å². The average molecular weight is 357 g/mol. The van der Waals surface area contributed by atoms with Crippen LogP contribution < -0.4 is 10.1 Å². The highest BCUT2D eigenvalue weighted by Crippen LogP contribution is 2.36. The Balaban J connectivity index is 1.55. The number of carbonyl (C=O) groups is 2. The fourth-order valence-corrected chi connectivity index (χ4v) is 4.07. The van der Waals surface area contributed by atoms with Crippen LogP contribution in [-0.4, -0.2) is 35.9 Å². The van der Waals surface area contributed by atoms with Gasteiger partial charge >= 0.3 is 5.97 Å². The van der Waals surface area contributed by atoms with Crippen molar-refractivity contribution in [1.29, 1.82) is 0 Å². The molecule has 1 aliphatic rings. The zero-order chi connectivity index (χ0) is 17.8. The lowest BCUT2D eigenvalue weighted by atomic mass is 10.1. The van der Waals surface area contributed by atoms with E-state index in [-0.39, 0.29) is 16.7 Å². The van der Waals surface area contributed by atoms with Gasteiger partial charge in [0.05, 0.1) is 17.9 Å². The first-order chi connectivity index (χ1) is 12.1. The van der Waals surface area contributed by atoms with Crippen LogP contribution >= 0.6 is 11.8 Å². The summed E-state index contributed by atoms with van der Waals surface area (Å²) in [6, 6.07) is 12.9. The van der Waals surface area contributed by atoms with Crippen molar-refractivity contribution in [2.75, 3.05) is 13.7 Å². The molecule has 25 heavy (non-hydrogen) atoms. The minimum absolute atomic E-state index is 0.0299. The third kappa shape index (κ3) is 3.96. The van der Waals surface area contributed by atoms with Crippen LogP contribution in [0.4, 0.5) is 0 Å². The Hall–Kier alpha value is -2.47. The molecule has 0 bridgehead atoms. The predicted octanol–water partition coefficient (Wildman–Crippen LogP) is 2.77. The van der Waals surface area contributed by atoms with Crippen molar-refractivity contribution in [3.05, 3.63) is 59.2 Å². The van der Waals surface area contributed by atoms with Gasteiger partial charge in [0.2, 0.25) is 5.91 Å². The number of nitrogens with one attached hydrogen (secondary N) is 1. The number of hydrogen-bond acceptors (Lipinski definition) is 4. The molecule has 2 aromatic carbocycles. The summed E-state index contributed by atoms with van der Waals surface area (Å²) in [5, 5.41) is 11.9. The maximum atomic E-state index is 12.4. The fraction of sp³-hybridized carbons (Fsp3) is 0.263. The molecule has 130 valence electrons. The zero-order valence-corrected chi connectivity index (χ0v) is 14.6. The van der Waals surface area contributed by atoms with Gasteiger partial charge in [-0.2, -0.15) is 0 Å². The molecule has 0 saturated heterocycles. The molecule has 0 fully saturated rings. The smallest absolute Gasteiger partial charge is 0.335 e. The summed E-state index contributed by atoms with van der Waals surface area (Å²) >= 11 is 1.60. The van der Waals surface area contributed by atoms with Gasteiger partial charge in [-0.15, -0.1) is 11.8 Å². The molecule has 0 radical (unpaired) electrons. The Morgan fingerprint density at radius 2 is 2.08 bits per heavy atom. The minimum Gasteiger partial charge on any atom is -0.496 e. The van der Waals surface area contributed by atoms with Gasteiger partial charge in [0.25, 0.3) is 0 Å². The number of fused-ring (bicyclic) bond motifs is 1. The SMILES string of the molecule is COc1cc(C(=O)O)ccc1CCNC(=O)C1Cc2ccccc2S1. The van der Waals surface area contributed by atoms with Crippen LogP contribution in [0.1, 0.15) is 21.5 Å². The van der Waals surface area contributed by atoms with Crippen molar-refractivity contribution in [2.24, 2.45) is 0 Å². The lowest BCUT2D eigenvalue weighted by Crippen LogP contribution is -2.33. The highest BCUT2D eigenvalue weighted by molar-refractivity contribution is 8.01. The number of rotatable bonds is 6. The summed E-state index contributed by atoms with van der Waals surface area (Å²) in [5.41, 5.74) is 2.28. The van der Waals surface area contributed by atoms with Crippen molar-refractivity contribution >= 4 is 23.6 Å². The third-order valence-electron chi connectivity index (χ3n) is 4.17. The van der Waals surface area contributed by atoms with E-state index >= 15 is 0 Å². The van der Waals surface area contributed by atoms with E-state index in [9.17, 15) is 9.59 Å². The molecular weight excluding hydrogens is 338 g/mol. The van der Waals surface area contributed by atoms with Crippen molar-refractivity contribution in [3.63, 3.8) is 0 Å². The molecule has 0 aromatic heterocycles. The molecule has 2 N–H and O–H groups in total. The number of amides is 1. The number of ether oxygens (including phenoxy) is 1. The number of carboxylic acids is 1. The Morgan fingerprint density at radius 1 is 1.28 bits per heavy atom. The van der Waals surface area contributed by atoms with Crippen LogP contribution in [0, 0.1) is 0 Å². The molecule has 3 rings (SSSR count). The third-order valence-corrected chi connectivity index (χ3v) is 5.48. The summed E-state index contributed by atoms with van der Waals surface area (Å²) in [7, 11) is 1.51. The second-order valence-electron chi connectivity index (χ2n) is 5.79. The largest absolute Gasteiger partial charge is 0.496 e. The van der Waals surface area contributed by atoms with Crippen LogP contribution in [0.2, 0.25) is 0 Å². The number of carboxylic acid groups (broad SMARTS) is 1. The van der Waals surface area contributed by atoms with Gasteiger partial charge in [-0.3, -0.25) is 4.79 Å². The van der Waals surface area contributed by atoms with Gasteiger partial charge in [0.15, 0.2) is 0 Å². The van der Waals surface area contributed by atoms with E-state index in [4.69, 9.17) is 9.84 Å². The molecular formula is C19H19NO4S. The number of thioether (sulfide) groups is 1. The van der Waals surface area contributed by atoms with E-state index in [2.05, 4.69) is 11.4 Å². The van der Waals surface area contributed by atoms with Crippen molar-refractivity contribution < 1.29 is 19.4 Å². The van der Waals surface area contributed by atoms with Crippen molar-refractivity contribution in [2.45, 2.75) is 23.0 Å². The van der Waals surface area contributed by atoms with Crippen LogP contribution in [0.15, 0.2) is 47.4 Å². The molecule has 0 spiro atoms. The molecule has 1 heterocycles. The van der Waals surface area contributed by atoms with Gasteiger partial charge in [0, 0.05) is 11.4 Å². The first kappa shape index (κ1) is 17.4. The van der Waals surface area contributed by atoms with E-state index < -0.39 is 5.97 Å². The lowest BCUT2D eigenvalue weighted by Gasteiger charge is -2.12. The summed E-state index contributed by atoms with van der Waals surface area (Å²) in [6.45, 7) is 0.481. The van der Waals surface area contributed by atoms with E-state index in [1.807, 2.05) is 18.2 Å². The molecule has 5 nitrogen and oxygen atoms in total. The van der Waals surface area contributed by atoms with Crippen LogP contribution in [0.25, 0.3) is 0 Å². The second-order valence-corrected chi connectivity index (χ2v) is 7.04. The summed E-state index contributed by atoms with van der Waals surface area (Å²) in [6.07, 6.45) is 1.34. The van der Waals surface area contributed by atoms with Crippen LogP contribution in [0.3, 0.4) is 0 Å². The standard InChI is InChI=1S/C19H19NO4S/c1-24-15-10-14(19(22)23)7-6-12(15)8-9-20-18(21)17-11-13-4-2-3-5-16(13)25-17/h2-7,10,17H,8-9,11H2,1H3,(H,20,21)(H,22,23). The molecule has 2 aromatic rings. The fourth-order valence-electron chi connectivity index (χ4n) is 2.85. The molecule has 1 atom stereocenters. The summed E-state index contributed by atoms with van der Waals surface area (Å²) in [4.78, 5) is 24.5. The quantitative estimate of drug-likeness (QED) is 0.831. The molecule has 0 aliphatic carbocycles. The van der Waals surface area contributed by atoms with Crippen molar-refractivity contribution in [1.82, 2.24) is 5.32 Å². The number of hydrogen-bond donors (Lipinski definition) is 2. The average Bonchev–Trinajstić information content (AvgIpc) is 3.06. The highest BCUT2D eigenvalue weighted by atomic mass is 32.2. The Morgan fingerprint density at radius 3 is 2.80 bits per heavy atom. The first-order valence-electron chi connectivity index (χ1n) is 8.01. The zero-order valence-electron chi connectivity index (χ0n) is 13.8. The Kier molecular flexibility index (Phi) is 5.28. The maximum absolute atomic E-state index is 12.4. The second kappa shape index (κ2) is 7.61. The molecule has 1 amide bonds. The maximum Gasteiger partial charge on any atom is 0.335 e. The van der Waals surface area contributed by atoms with Crippen LogP contribution in [-0.2, 0) is 17.6 Å². The number of benzene rings is 2. The minimum atomic E-state index is -0.990. The summed E-state index contributed by atoms with van der Waals surface area (Å²) < 4.78 is 5.26. The molecule has 1 aliphatic heterocycles. The number of aromatic carboxylic acids is 1. The van der Waals surface area contributed by atoms with Crippen molar-refractivity contribution in [3.8, 4) is 5.75 Å². The monoisotopic (exact) mass is 357 g/mol. The molecule has 1 unspecified atom stereocenters. The van der Waals surface area contributed by atoms with Gasteiger partial charge in [-0.25, -0.2) is 4.79 Å². The van der Waals surface area contributed by atoms with E-state index in [1.165, 1.54) is 23.6 Å². The molecule has 0 saturated carbocycles. The number of carbonyl (C=O) groups excluding carboxylic acids is 1. The molecule has 6 heteroatoms. The van der Waals surface area contributed by atoms with Crippen LogP contribution in [0.5, 0.6) is 5.75 Å². The number of methoxy groups -OCH3 is 1. The Labute approximate surface area is 150 Å². The first-order valence-corrected chi connectivity index (χ1v) is 8.89. The van der Waals surface area contributed by atoms with E-state index in [0.717, 1.165) is 12.0 Å². The highest BCUT2D eigenvalue weighted by Gasteiger charge is 2.27. The Bertz CT molecular complexity index is 781. The predicted molar refractivity (Wildman–Crippen MR) is 96.5 cm³/mol. The van der Waals surface area contributed by atoms with Gasteiger partial charge in [0.1, 0.15) is 5.75 Å².